The first-order valence-electron chi connectivity index (χ1n) is 13.2. The highest BCUT2D eigenvalue weighted by atomic mass is 16.6. The van der Waals surface area contributed by atoms with Gasteiger partial charge in [0, 0.05) is 7.11 Å². The highest BCUT2D eigenvalue weighted by Crippen LogP contribution is 2.61. The summed E-state index contributed by atoms with van der Waals surface area (Å²) < 4.78 is 24.3. The minimum atomic E-state index is -1.20. The number of ether oxygens (including phenoxy) is 4. The second-order valence-corrected chi connectivity index (χ2v) is 10.5. The van der Waals surface area contributed by atoms with Gasteiger partial charge in [-0.1, -0.05) is 66.2 Å². The lowest BCUT2D eigenvalue weighted by Gasteiger charge is -2.59. The Hall–Kier alpha value is -4.42. The lowest BCUT2D eigenvalue weighted by Crippen LogP contribution is -2.67. The van der Waals surface area contributed by atoms with Crippen molar-refractivity contribution in [3.8, 4) is 5.75 Å². The summed E-state index contributed by atoms with van der Waals surface area (Å²) in [7, 11) is 3.17. The van der Waals surface area contributed by atoms with Crippen LogP contribution in [0.15, 0.2) is 97.1 Å². The summed E-state index contributed by atoms with van der Waals surface area (Å²) in [6, 6.07) is 29.8. The summed E-state index contributed by atoms with van der Waals surface area (Å²) in [5.41, 5.74) is 3.48. The molecule has 4 aromatic carbocycles. The standard InChI is InChI=1S/C34H30O6/c1-21-13-15-22(16-14-21)31(35)39-29-30(40-32(36)23-17-19-24(37-3)20-18-23)34(38-4)27-11-7-5-9-25(27)33(29,2)26-10-6-8-12-28(26)34/h5-20,29-30H,1-4H3/t29-,30+,33-,34-/m1/s1. The third kappa shape index (κ3) is 3.67. The number of methoxy groups -OCH3 is 2. The van der Waals surface area contributed by atoms with Gasteiger partial charge >= 0.3 is 11.9 Å². The molecule has 2 atom stereocenters. The Morgan fingerprint density at radius 1 is 0.625 bits per heavy atom. The number of hydrogen-bond donors (Lipinski definition) is 0. The highest BCUT2D eigenvalue weighted by molar-refractivity contribution is 5.91. The van der Waals surface area contributed by atoms with E-state index in [1.165, 1.54) is 0 Å². The predicted octanol–water partition coefficient (Wildman–Crippen LogP) is 5.98. The molecule has 6 heteroatoms. The average Bonchev–Trinajstić information content (AvgIpc) is 2.99. The van der Waals surface area contributed by atoms with Crippen molar-refractivity contribution in [3.63, 3.8) is 0 Å². The predicted molar refractivity (Wildman–Crippen MR) is 150 cm³/mol. The van der Waals surface area contributed by atoms with E-state index in [0.717, 1.165) is 27.8 Å². The van der Waals surface area contributed by atoms with E-state index in [-0.39, 0.29) is 0 Å². The normalized spacial score (nSPS) is 24.0. The van der Waals surface area contributed by atoms with E-state index in [0.29, 0.717) is 16.9 Å². The van der Waals surface area contributed by atoms with E-state index in [4.69, 9.17) is 18.9 Å². The summed E-state index contributed by atoms with van der Waals surface area (Å²) >= 11 is 0. The average molecular weight is 535 g/mol. The van der Waals surface area contributed by atoms with Crippen LogP contribution < -0.4 is 4.74 Å². The van der Waals surface area contributed by atoms with Gasteiger partial charge in [-0.2, -0.15) is 0 Å². The molecule has 4 aromatic rings. The number of carbonyl (C=O) groups is 2. The molecule has 202 valence electrons. The van der Waals surface area contributed by atoms with Crippen molar-refractivity contribution in [2.75, 3.05) is 14.2 Å². The highest BCUT2D eigenvalue weighted by Gasteiger charge is 2.68. The Morgan fingerprint density at radius 3 is 1.55 bits per heavy atom. The molecule has 0 aliphatic heterocycles. The molecule has 0 aromatic heterocycles. The van der Waals surface area contributed by atoms with E-state index in [1.807, 2.05) is 74.5 Å². The zero-order valence-corrected chi connectivity index (χ0v) is 22.8. The molecule has 6 nitrogen and oxygen atoms in total. The summed E-state index contributed by atoms with van der Waals surface area (Å²) in [4.78, 5) is 27.3. The molecule has 0 amide bonds. The van der Waals surface area contributed by atoms with Crippen LogP contribution in [0.3, 0.4) is 0 Å². The van der Waals surface area contributed by atoms with Crippen molar-refractivity contribution in [3.05, 3.63) is 136 Å². The van der Waals surface area contributed by atoms with Crippen LogP contribution in [0.2, 0.25) is 0 Å². The number of rotatable bonds is 6. The van der Waals surface area contributed by atoms with Gasteiger partial charge in [0.1, 0.15) is 5.75 Å². The van der Waals surface area contributed by atoms with E-state index in [9.17, 15) is 9.59 Å². The Labute approximate surface area is 233 Å². The number of hydrogen-bond acceptors (Lipinski definition) is 6. The molecular weight excluding hydrogens is 504 g/mol. The molecule has 2 bridgehead atoms. The van der Waals surface area contributed by atoms with Gasteiger partial charge in [-0.25, -0.2) is 9.59 Å². The lowest BCUT2D eigenvalue weighted by atomic mass is 9.51. The SMILES string of the molecule is COc1ccc(C(=O)O[C@H]2[C@@H](OC(=O)c3ccc(C)cc3)[C@]3(C)c4ccccc4[C@@]2(OC)c2ccccc23)cc1. The molecule has 0 saturated carbocycles. The fraction of sp³-hybridized carbons (Fsp3) is 0.235. The lowest BCUT2D eigenvalue weighted by molar-refractivity contribution is -0.167. The molecule has 0 heterocycles. The first-order valence-corrected chi connectivity index (χ1v) is 13.2. The van der Waals surface area contributed by atoms with Gasteiger partial charge in [-0.05, 0) is 72.5 Å². The quantitative estimate of drug-likeness (QED) is 0.284. The van der Waals surface area contributed by atoms with Crippen LogP contribution in [-0.4, -0.2) is 38.4 Å². The number of carbonyl (C=O) groups excluding carboxylic acids is 2. The van der Waals surface area contributed by atoms with Crippen LogP contribution in [-0.2, 0) is 25.2 Å². The minimum Gasteiger partial charge on any atom is -0.497 e. The maximum absolute atomic E-state index is 13.7. The second kappa shape index (κ2) is 9.65. The maximum atomic E-state index is 13.7. The fourth-order valence-corrected chi connectivity index (χ4v) is 6.38. The Morgan fingerprint density at radius 2 is 1.07 bits per heavy atom. The van der Waals surface area contributed by atoms with Crippen molar-refractivity contribution < 1.29 is 28.5 Å². The van der Waals surface area contributed by atoms with Crippen LogP contribution in [0.25, 0.3) is 0 Å². The molecule has 40 heavy (non-hydrogen) atoms. The topological polar surface area (TPSA) is 71.1 Å². The monoisotopic (exact) mass is 534 g/mol. The van der Waals surface area contributed by atoms with Gasteiger partial charge in [0.25, 0.3) is 0 Å². The third-order valence-corrected chi connectivity index (χ3v) is 8.42. The van der Waals surface area contributed by atoms with E-state index in [1.54, 1.807) is 50.6 Å². The molecule has 0 unspecified atom stereocenters. The molecule has 0 saturated heterocycles. The summed E-state index contributed by atoms with van der Waals surface area (Å²) in [6.45, 7) is 4.01. The fourth-order valence-electron chi connectivity index (χ4n) is 6.38. The second-order valence-electron chi connectivity index (χ2n) is 10.5. The van der Waals surface area contributed by atoms with Crippen molar-refractivity contribution in [1.29, 1.82) is 0 Å². The minimum absolute atomic E-state index is 0.351. The zero-order chi connectivity index (χ0) is 28.1. The van der Waals surface area contributed by atoms with Gasteiger partial charge in [-0.15, -0.1) is 0 Å². The van der Waals surface area contributed by atoms with Crippen LogP contribution in [0, 0.1) is 6.92 Å². The first-order chi connectivity index (χ1) is 19.3. The van der Waals surface area contributed by atoms with Crippen LogP contribution in [0.4, 0.5) is 0 Å². The van der Waals surface area contributed by atoms with Gasteiger partial charge in [-0.3, -0.25) is 0 Å². The van der Waals surface area contributed by atoms with Crippen LogP contribution >= 0.6 is 0 Å². The third-order valence-electron chi connectivity index (χ3n) is 8.42. The summed E-state index contributed by atoms with van der Waals surface area (Å²) in [5, 5.41) is 0. The van der Waals surface area contributed by atoms with E-state index >= 15 is 0 Å². The zero-order valence-electron chi connectivity index (χ0n) is 22.8. The smallest absolute Gasteiger partial charge is 0.338 e. The molecule has 3 aliphatic carbocycles. The molecule has 3 aliphatic rings. The maximum Gasteiger partial charge on any atom is 0.338 e. The van der Waals surface area contributed by atoms with Crippen LogP contribution in [0.5, 0.6) is 5.75 Å². The van der Waals surface area contributed by atoms with Gasteiger partial charge in [0.2, 0.25) is 0 Å². The van der Waals surface area contributed by atoms with E-state index in [2.05, 4.69) is 0 Å². The van der Waals surface area contributed by atoms with Gasteiger partial charge < -0.3 is 18.9 Å². The van der Waals surface area contributed by atoms with Crippen LogP contribution in [0.1, 0.15) is 55.5 Å². The molecule has 0 spiro atoms. The molecule has 7 rings (SSSR count). The first kappa shape index (κ1) is 25.8. The molecule has 0 fully saturated rings. The Bertz CT molecular complexity index is 1540. The largest absolute Gasteiger partial charge is 0.497 e. The number of esters is 2. The molecular formula is C34H30O6. The van der Waals surface area contributed by atoms with Crippen molar-refractivity contribution in [1.82, 2.24) is 0 Å². The van der Waals surface area contributed by atoms with Crippen molar-refractivity contribution in [2.24, 2.45) is 0 Å². The van der Waals surface area contributed by atoms with E-state index < -0.39 is 35.2 Å². The van der Waals surface area contributed by atoms with Gasteiger partial charge in [0.05, 0.1) is 23.7 Å². The van der Waals surface area contributed by atoms with Gasteiger partial charge in [0.15, 0.2) is 17.8 Å². The van der Waals surface area contributed by atoms with Crippen molar-refractivity contribution >= 4 is 11.9 Å². The molecule has 0 N–H and O–H groups in total. The summed E-state index contributed by atoms with van der Waals surface area (Å²) in [5.74, 6) is -0.418. The summed E-state index contributed by atoms with van der Waals surface area (Å²) in [6.07, 6.45) is -1.86. The van der Waals surface area contributed by atoms with Crippen molar-refractivity contribution in [2.45, 2.75) is 37.1 Å². The Kier molecular flexibility index (Phi) is 6.23. The Balaban J connectivity index is 1.53. The number of fused-ring (bicyclic) bond motifs is 1. The molecule has 0 radical (unpaired) electrons. The number of benzene rings is 4. The number of aryl methyl sites for hydroxylation is 1.